The Morgan fingerprint density at radius 3 is 3.16 bits per heavy atom. The highest BCUT2D eigenvalue weighted by Crippen LogP contribution is 2.24. The van der Waals surface area contributed by atoms with E-state index in [1.54, 1.807) is 0 Å². The molecule has 0 saturated carbocycles. The Morgan fingerprint density at radius 1 is 1.53 bits per heavy atom. The molecule has 1 aromatic rings. The lowest BCUT2D eigenvalue weighted by Crippen LogP contribution is -2.32. The van der Waals surface area contributed by atoms with Gasteiger partial charge in [-0.25, -0.2) is 4.98 Å². The number of fused-ring (bicyclic) bond motifs is 1. The van der Waals surface area contributed by atoms with Gasteiger partial charge < -0.3 is 15.0 Å². The fourth-order valence-corrected chi connectivity index (χ4v) is 3.26. The number of hydrogen-bond acceptors (Lipinski definition) is 3. The highest BCUT2D eigenvalue weighted by atomic mass is 16.4. The van der Waals surface area contributed by atoms with Crippen molar-refractivity contribution in [1.82, 2.24) is 14.9 Å². The normalized spacial score (nSPS) is 26.9. The van der Waals surface area contributed by atoms with Gasteiger partial charge in [-0.3, -0.25) is 4.79 Å². The van der Waals surface area contributed by atoms with Crippen LogP contribution in [0.15, 0.2) is 6.20 Å². The van der Waals surface area contributed by atoms with E-state index < -0.39 is 5.97 Å². The van der Waals surface area contributed by atoms with E-state index >= 15 is 0 Å². The second-order valence-corrected chi connectivity index (χ2v) is 5.76. The van der Waals surface area contributed by atoms with Crippen molar-refractivity contribution in [2.45, 2.75) is 38.6 Å². The first-order chi connectivity index (χ1) is 9.24. The molecule has 0 radical (unpaired) electrons. The van der Waals surface area contributed by atoms with E-state index in [1.807, 2.05) is 6.20 Å². The van der Waals surface area contributed by atoms with Crippen LogP contribution in [0.25, 0.3) is 0 Å². The quantitative estimate of drug-likeness (QED) is 0.856. The van der Waals surface area contributed by atoms with Crippen molar-refractivity contribution >= 4 is 5.97 Å². The molecule has 0 spiro atoms. The maximum atomic E-state index is 11.0. The molecule has 2 unspecified atom stereocenters. The summed E-state index contributed by atoms with van der Waals surface area (Å²) in [5.74, 6) is 0.920. The summed E-state index contributed by atoms with van der Waals surface area (Å²) in [6, 6.07) is 0. The van der Waals surface area contributed by atoms with Crippen molar-refractivity contribution in [3.63, 3.8) is 0 Å². The molecule has 0 amide bonds. The van der Waals surface area contributed by atoms with Crippen molar-refractivity contribution in [2.24, 2.45) is 11.8 Å². The number of aliphatic carboxylic acids is 1. The lowest BCUT2D eigenvalue weighted by molar-refractivity contribution is -0.142. The van der Waals surface area contributed by atoms with Gasteiger partial charge in [0, 0.05) is 31.3 Å². The van der Waals surface area contributed by atoms with Crippen LogP contribution in [0.3, 0.4) is 0 Å². The summed E-state index contributed by atoms with van der Waals surface area (Å²) in [4.78, 5) is 15.6. The number of carboxylic acids is 1. The Bertz CT molecular complexity index is 463. The smallest absolute Gasteiger partial charge is 0.306 e. The second kappa shape index (κ2) is 5.33. The molecule has 3 rings (SSSR count). The molecule has 104 valence electrons. The molecular weight excluding hydrogens is 242 g/mol. The summed E-state index contributed by atoms with van der Waals surface area (Å²) >= 11 is 0. The number of nitrogens with zero attached hydrogens (tertiary/aromatic N) is 2. The maximum Gasteiger partial charge on any atom is 0.306 e. The van der Waals surface area contributed by atoms with E-state index in [9.17, 15) is 4.79 Å². The molecule has 3 heterocycles. The van der Waals surface area contributed by atoms with Crippen LogP contribution in [-0.2, 0) is 24.2 Å². The molecule has 2 aliphatic heterocycles. The Morgan fingerprint density at radius 2 is 2.42 bits per heavy atom. The average Bonchev–Trinajstić information content (AvgIpc) is 2.82. The average molecular weight is 263 g/mol. The molecule has 1 aromatic heterocycles. The first kappa shape index (κ1) is 12.7. The summed E-state index contributed by atoms with van der Waals surface area (Å²) in [7, 11) is 0. The number of aromatic nitrogens is 2. The monoisotopic (exact) mass is 263 g/mol. The molecule has 1 fully saturated rings. The number of piperidine rings is 1. The van der Waals surface area contributed by atoms with Crippen LogP contribution in [-0.4, -0.2) is 33.7 Å². The van der Waals surface area contributed by atoms with E-state index in [-0.39, 0.29) is 5.92 Å². The van der Waals surface area contributed by atoms with Gasteiger partial charge in [-0.1, -0.05) is 0 Å². The Balaban J connectivity index is 1.70. The number of hydrogen-bond donors (Lipinski definition) is 2. The first-order valence-electron chi connectivity index (χ1n) is 7.21. The van der Waals surface area contributed by atoms with E-state index in [2.05, 4.69) is 14.9 Å². The van der Waals surface area contributed by atoms with Gasteiger partial charge >= 0.3 is 5.97 Å². The zero-order valence-corrected chi connectivity index (χ0v) is 11.1. The molecule has 19 heavy (non-hydrogen) atoms. The summed E-state index contributed by atoms with van der Waals surface area (Å²) in [5.41, 5.74) is 1.09. The van der Waals surface area contributed by atoms with Crippen LogP contribution in [0.1, 0.15) is 30.8 Å². The summed E-state index contributed by atoms with van der Waals surface area (Å²) in [6.07, 6.45) is 6.78. The van der Waals surface area contributed by atoms with Crippen LogP contribution in [0.4, 0.5) is 0 Å². The van der Waals surface area contributed by atoms with Crippen molar-refractivity contribution in [3.8, 4) is 0 Å². The zero-order valence-electron chi connectivity index (χ0n) is 11.1. The first-order valence-corrected chi connectivity index (χ1v) is 7.21. The van der Waals surface area contributed by atoms with Crippen molar-refractivity contribution in [1.29, 1.82) is 0 Å². The van der Waals surface area contributed by atoms with Gasteiger partial charge in [0.2, 0.25) is 0 Å². The van der Waals surface area contributed by atoms with Gasteiger partial charge in [0.25, 0.3) is 0 Å². The SMILES string of the molecule is O=C(O)C1CCn2c(cnc2CC2CCCNC2)C1. The molecule has 2 N–H and O–H groups in total. The van der Waals surface area contributed by atoms with Crippen LogP contribution >= 0.6 is 0 Å². The minimum Gasteiger partial charge on any atom is -0.481 e. The molecule has 2 atom stereocenters. The van der Waals surface area contributed by atoms with Crippen LogP contribution in [0.2, 0.25) is 0 Å². The number of carbonyl (C=O) groups is 1. The van der Waals surface area contributed by atoms with Gasteiger partial charge in [0.1, 0.15) is 5.82 Å². The maximum absolute atomic E-state index is 11.0. The highest BCUT2D eigenvalue weighted by Gasteiger charge is 2.27. The number of imidazole rings is 1. The minimum absolute atomic E-state index is 0.228. The highest BCUT2D eigenvalue weighted by molar-refractivity contribution is 5.70. The molecule has 0 bridgehead atoms. The van der Waals surface area contributed by atoms with Gasteiger partial charge in [0.15, 0.2) is 0 Å². The summed E-state index contributed by atoms with van der Waals surface area (Å²) in [5, 5.41) is 12.5. The Hall–Kier alpha value is -1.36. The fraction of sp³-hybridized carbons (Fsp3) is 0.714. The molecule has 5 nitrogen and oxygen atoms in total. The third-order valence-electron chi connectivity index (χ3n) is 4.40. The number of carboxylic acid groups (broad SMARTS) is 1. The fourth-order valence-electron chi connectivity index (χ4n) is 3.26. The molecule has 5 heteroatoms. The standard InChI is InChI=1S/C14H21N3O2/c18-14(19)11-3-5-17-12(7-11)9-16-13(17)6-10-2-1-4-15-8-10/h9-11,15H,1-8H2,(H,18,19). The summed E-state index contributed by atoms with van der Waals surface area (Å²) < 4.78 is 2.24. The van der Waals surface area contributed by atoms with Crippen LogP contribution in [0.5, 0.6) is 0 Å². The Kier molecular flexibility index (Phi) is 3.55. The zero-order chi connectivity index (χ0) is 13.2. The van der Waals surface area contributed by atoms with Crippen molar-refractivity contribution in [2.75, 3.05) is 13.1 Å². The third kappa shape index (κ3) is 2.66. The van der Waals surface area contributed by atoms with E-state index in [1.165, 1.54) is 12.8 Å². The number of nitrogens with one attached hydrogen (secondary N) is 1. The van der Waals surface area contributed by atoms with Gasteiger partial charge in [-0.05, 0) is 38.3 Å². The molecular formula is C14H21N3O2. The van der Waals surface area contributed by atoms with Crippen molar-refractivity contribution in [3.05, 3.63) is 17.7 Å². The summed E-state index contributed by atoms with van der Waals surface area (Å²) in [6.45, 7) is 3.03. The Labute approximate surface area is 113 Å². The largest absolute Gasteiger partial charge is 0.481 e. The van der Waals surface area contributed by atoms with Crippen molar-refractivity contribution < 1.29 is 9.90 Å². The third-order valence-corrected chi connectivity index (χ3v) is 4.40. The second-order valence-electron chi connectivity index (χ2n) is 5.76. The number of rotatable bonds is 3. The van der Waals surface area contributed by atoms with E-state index in [0.717, 1.165) is 44.0 Å². The minimum atomic E-state index is -0.675. The molecule has 0 aliphatic carbocycles. The molecule has 1 saturated heterocycles. The lowest BCUT2D eigenvalue weighted by atomic mass is 9.94. The lowest BCUT2D eigenvalue weighted by Gasteiger charge is -2.25. The molecule has 2 aliphatic rings. The van der Waals surface area contributed by atoms with E-state index in [0.29, 0.717) is 12.3 Å². The van der Waals surface area contributed by atoms with E-state index in [4.69, 9.17) is 5.11 Å². The van der Waals surface area contributed by atoms with Crippen LogP contribution in [0, 0.1) is 11.8 Å². The van der Waals surface area contributed by atoms with Crippen LogP contribution < -0.4 is 5.32 Å². The predicted octanol–water partition coefficient (Wildman–Crippen LogP) is 1.07. The topological polar surface area (TPSA) is 67.1 Å². The molecule has 0 aromatic carbocycles. The van der Waals surface area contributed by atoms with Gasteiger partial charge in [-0.2, -0.15) is 0 Å². The van der Waals surface area contributed by atoms with Gasteiger partial charge in [0.05, 0.1) is 5.92 Å². The van der Waals surface area contributed by atoms with Gasteiger partial charge in [-0.15, -0.1) is 0 Å². The predicted molar refractivity (Wildman–Crippen MR) is 71.0 cm³/mol.